The third-order valence-corrected chi connectivity index (χ3v) is 7.09. The zero-order chi connectivity index (χ0) is 20.1. The predicted molar refractivity (Wildman–Crippen MR) is 117 cm³/mol. The van der Waals surface area contributed by atoms with E-state index in [1.165, 1.54) is 22.2 Å². The van der Waals surface area contributed by atoms with Gasteiger partial charge in [0.1, 0.15) is 5.75 Å². The molecule has 3 aromatic rings. The second kappa shape index (κ2) is 6.75. The van der Waals surface area contributed by atoms with E-state index in [1.807, 2.05) is 18.2 Å². The van der Waals surface area contributed by atoms with Gasteiger partial charge in [0.2, 0.25) is 0 Å². The molecule has 0 saturated carbocycles. The minimum atomic E-state index is -0.849. The highest BCUT2D eigenvalue weighted by atomic mass is 16.5. The molecule has 2 aliphatic rings. The number of benzene rings is 2. The van der Waals surface area contributed by atoms with Gasteiger partial charge in [0.25, 0.3) is 0 Å². The van der Waals surface area contributed by atoms with E-state index in [2.05, 4.69) is 52.9 Å². The molecule has 0 unspecified atom stereocenters. The number of rotatable bonds is 4. The maximum Gasteiger partial charge on any atom is 0.119 e. The molecule has 0 amide bonds. The van der Waals surface area contributed by atoms with Crippen LogP contribution < -0.4 is 4.74 Å². The Kier molecular flexibility index (Phi) is 4.30. The van der Waals surface area contributed by atoms with Crippen molar-refractivity contribution in [3.63, 3.8) is 0 Å². The fourth-order valence-corrected chi connectivity index (χ4v) is 5.64. The first-order valence-electron chi connectivity index (χ1n) is 10.4. The van der Waals surface area contributed by atoms with Crippen molar-refractivity contribution in [2.45, 2.75) is 30.3 Å². The van der Waals surface area contributed by atoms with Gasteiger partial charge in [-0.3, -0.25) is 4.90 Å². The van der Waals surface area contributed by atoms with Crippen molar-refractivity contribution in [3.8, 4) is 5.75 Å². The average Bonchev–Trinajstić information content (AvgIpc) is 3.08. The molecule has 4 heteroatoms. The molecule has 0 radical (unpaired) electrons. The molecule has 1 aromatic heterocycles. The molecule has 2 aromatic carbocycles. The summed E-state index contributed by atoms with van der Waals surface area (Å²) in [5, 5.41) is 13.5. The Morgan fingerprint density at radius 2 is 2.07 bits per heavy atom. The van der Waals surface area contributed by atoms with Crippen molar-refractivity contribution in [1.29, 1.82) is 0 Å². The van der Waals surface area contributed by atoms with E-state index >= 15 is 0 Å². The predicted octanol–water partition coefficient (Wildman–Crippen LogP) is 3.84. The van der Waals surface area contributed by atoms with Crippen LogP contribution in [0.2, 0.25) is 0 Å². The van der Waals surface area contributed by atoms with Crippen LogP contribution in [0.1, 0.15) is 23.2 Å². The van der Waals surface area contributed by atoms with E-state index < -0.39 is 5.60 Å². The first-order valence-corrected chi connectivity index (χ1v) is 10.4. The summed E-state index contributed by atoms with van der Waals surface area (Å²) in [6, 6.07) is 16.7. The minimum Gasteiger partial charge on any atom is -0.497 e. The third-order valence-electron chi connectivity index (χ3n) is 7.09. The highest BCUT2D eigenvalue weighted by Gasteiger charge is 2.57. The van der Waals surface area contributed by atoms with Gasteiger partial charge in [0.15, 0.2) is 0 Å². The molecule has 4 nitrogen and oxygen atoms in total. The van der Waals surface area contributed by atoms with Crippen LogP contribution in [0.15, 0.2) is 61.2 Å². The van der Waals surface area contributed by atoms with Crippen molar-refractivity contribution in [2.24, 2.45) is 0 Å². The van der Waals surface area contributed by atoms with Gasteiger partial charge < -0.3 is 14.8 Å². The van der Waals surface area contributed by atoms with Crippen LogP contribution in [0.3, 0.4) is 0 Å². The second-order valence-electron chi connectivity index (χ2n) is 8.60. The number of fused-ring (bicyclic) bond motifs is 4. The zero-order valence-electron chi connectivity index (χ0n) is 16.9. The third kappa shape index (κ3) is 2.74. The summed E-state index contributed by atoms with van der Waals surface area (Å²) in [6.07, 6.45) is 4.29. The molecule has 150 valence electrons. The summed E-state index contributed by atoms with van der Waals surface area (Å²) in [5.74, 6) is 0.843. The lowest BCUT2D eigenvalue weighted by Crippen LogP contribution is -2.66. The van der Waals surface area contributed by atoms with E-state index in [1.54, 1.807) is 7.11 Å². The van der Waals surface area contributed by atoms with E-state index in [4.69, 9.17) is 4.74 Å². The number of aromatic nitrogens is 1. The van der Waals surface area contributed by atoms with E-state index in [0.717, 1.165) is 37.2 Å². The average molecular weight is 389 g/mol. The number of likely N-dealkylation sites (tertiary alicyclic amines) is 1. The molecular formula is C25H28N2O2. The van der Waals surface area contributed by atoms with Gasteiger partial charge in [0.05, 0.1) is 12.7 Å². The van der Waals surface area contributed by atoms with Crippen LogP contribution in [-0.4, -0.2) is 47.3 Å². The first kappa shape index (κ1) is 18.5. The van der Waals surface area contributed by atoms with Crippen LogP contribution in [0, 0.1) is 0 Å². The number of β-amino-alcohol motifs (C(OH)–C–C–N with tert-alkyl or cyclic N) is 1. The molecule has 1 fully saturated rings. The van der Waals surface area contributed by atoms with Crippen molar-refractivity contribution in [2.75, 3.05) is 26.7 Å². The Labute approximate surface area is 171 Å². The number of nitrogens with zero attached hydrogens (tertiary/aromatic N) is 1. The van der Waals surface area contributed by atoms with Crippen LogP contribution in [0.5, 0.6) is 5.75 Å². The van der Waals surface area contributed by atoms with Crippen molar-refractivity contribution in [1.82, 2.24) is 9.88 Å². The summed E-state index contributed by atoms with van der Waals surface area (Å²) < 4.78 is 5.52. The number of nitrogens with one attached hydrogen (secondary N) is 1. The smallest absolute Gasteiger partial charge is 0.119 e. The number of H-pyrrole nitrogens is 1. The standard InChI is InChI=1S/C25H28N2O2/c1-3-12-27-13-11-24(18-7-6-8-19(14-18)29-2)16-23-21(15-25(24,28)17-27)20-9-4-5-10-22(20)26-23/h3-10,14,26,28H,1,11-13,15-17H2,2H3/t24-,25-/m0/s1. The molecule has 0 spiro atoms. The SMILES string of the molecule is C=CCN1CC[C@@]2(c3cccc(OC)c3)Cc3[nH]c4ccccc4c3C[C@]2(O)C1. The molecule has 2 N–H and O–H groups in total. The molecule has 29 heavy (non-hydrogen) atoms. The van der Waals surface area contributed by atoms with Gasteiger partial charge in [-0.05, 0) is 42.3 Å². The minimum absolute atomic E-state index is 0.340. The van der Waals surface area contributed by atoms with Crippen molar-refractivity contribution >= 4 is 10.9 Å². The summed E-state index contributed by atoms with van der Waals surface area (Å²) >= 11 is 0. The molecule has 2 atom stereocenters. The molecular weight excluding hydrogens is 360 g/mol. The molecule has 0 bridgehead atoms. The monoisotopic (exact) mass is 388 g/mol. The number of para-hydroxylation sites is 1. The maximum absolute atomic E-state index is 12.2. The number of ether oxygens (including phenoxy) is 1. The van der Waals surface area contributed by atoms with Gasteiger partial charge in [-0.15, -0.1) is 6.58 Å². The first-order chi connectivity index (χ1) is 14.1. The number of hydrogen-bond donors (Lipinski definition) is 2. The largest absolute Gasteiger partial charge is 0.497 e. The van der Waals surface area contributed by atoms with Gasteiger partial charge in [0, 0.05) is 47.9 Å². The van der Waals surface area contributed by atoms with Crippen molar-refractivity contribution < 1.29 is 9.84 Å². The van der Waals surface area contributed by atoms with Gasteiger partial charge in [-0.25, -0.2) is 0 Å². The second-order valence-corrected chi connectivity index (χ2v) is 8.60. The lowest BCUT2D eigenvalue weighted by atomic mass is 9.56. The fourth-order valence-electron chi connectivity index (χ4n) is 5.64. The Morgan fingerprint density at radius 3 is 2.90 bits per heavy atom. The van der Waals surface area contributed by atoms with Gasteiger partial charge in [-0.2, -0.15) is 0 Å². The summed E-state index contributed by atoms with van der Waals surface area (Å²) in [6.45, 7) is 6.30. The maximum atomic E-state index is 12.2. The van der Waals surface area contributed by atoms with Gasteiger partial charge >= 0.3 is 0 Å². The molecule has 1 aliphatic heterocycles. The summed E-state index contributed by atoms with van der Waals surface area (Å²) in [7, 11) is 1.70. The summed E-state index contributed by atoms with van der Waals surface area (Å²) in [5.41, 5.74) is 3.66. The van der Waals surface area contributed by atoms with E-state index in [-0.39, 0.29) is 5.41 Å². The number of hydrogen-bond acceptors (Lipinski definition) is 3. The van der Waals surface area contributed by atoms with Crippen LogP contribution in [0.4, 0.5) is 0 Å². The zero-order valence-corrected chi connectivity index (χ0v) is 16.9. The Bertz CT molecular complexity index is 1070. The van der Waals surface area contributed by atoms with Gasteiger partial charge in [-0.1, -0.05) is 36.4 Å². The normalized spacial score (nSPS) is 26.7. The van der Waals surface area contributed by atoms with Crippen molar-refractivity contribution in [3.05, 3.63) is 78.0 Å². The Morgan fingerprint density at radius 1 is 1.21 bits per heavy atom. The van der Waals surface area contributed by atoms with E-state index in [9.17, 15) is 5.11 Å². The number of piperidine rings is 1. The number of aliphatic hydroxyl groups is 1. The summed E-state index contributed by atoms with van der Waals surface area (Å²) in [4.78, 5) is 5.98. The van der Waals surface area contributed by atoms with Crippen LogP contribution in [0.25, 0.3) is 10.9 Å². The topological polar surface area (TPSA) is 48.5 Å². The molecule has 2 heterocycles. The van der Waals surface area contributed by atoms with E-state index in [0.29, 0.717) is 13.0 Å². The Balaban J connectivity index is 1.68. The fraction of sp³-hybridized carbons (Fsp3) is 0.360. The molecule has 1 aliphatic carbocycles. The number of methoxy groups -OCH3 is 1. The highest BCUT2D eigenvalue weighted by molar-refractivity contribution is 5.85. The highest BCUT2D eigenvalue weighted by Crippen LogP contribution is 2.51. The van der Waals surface area contributed by atoms with Crippen LogP contribution >= 0.6 is 0 Å². The molecule has 5 rings (SSSR count). The lowest BCUT2D eigenvalue weighted by molar-refractivity contribution is -0.100. The number of aromatic amines is 1. The Hall–Kier alpha value is -2.56. The molecule has 1 saturated heterocycles. The quantitative estimate of drug-likeness (QED) is 0.668. The lowest BCUT2D eigenvalue weighted by Gasteiger charge is -2.56. The van der Waals surface area contributed by atoms with Crippen LogP contribution in [-0.2, 0) is 18.3 Å².